The number of methoxy groups -OCH3 is 1. The summed E-state index contributed by atoms with van der Waals surface area (Å²) in [5.74, 6) is -0.271. The van der Waals surface area contributed by atoms with Crippen molar-refractivity contribution in [2.45, 2.75) is 0 Å². The Kier molecular flexibility index (Phi) is 3.32. The van der Waals surface area contributed by atoms with Crippen molar-refractivity contribution in [2.75, 3.05) is 33.3 Å². The molecule has 0 aromatic rings. The molecule has 63 valence electrons. The summed E-state index contributed by atoms with van der Waals surface area (Å²) in [6, 6.07) is 0. The van der Waals surface area contributed by atoms with Crippen LogP contribution < -0.4 is 5.32 Å². The SMILES string of the molecule is COC(=O)[CH]N1CCNCC1. The molecule has 1 radical (unpaired) electrons. The van der Waals surface area contributed by atoms with Gasteiger partial charge in [-0.05, 0) is 0 Å². The van der Waals surface area contributed by atoms with Crippen molar-refractivity contribution in [3.8, 4) is 0 Å². The molecule has 1 heterocycles. The lowest BCUT2D eigenvalue weighted by molar-refractivity contribution is -0.138. The zero-order valence-electron chi connectivity index (χ0n) is 6.67. The van der Waals surface area contributed by atoms with Gasteiger partial charge in [-0.3, -0.25) is 9.69 Å². The first-order valence-electron chi connectivity index (χ1n) is 3.70. The summed E-state index contributed by atoms with van der Waals surface area (Å²) in [7, 11) is 1.39. The number of carbonyl (C=O) groups is 1. The Balaban J connectivity index is 2.19. The molecule has 0 atom stereocenters. The molecule has 1 fully saturated rings. The summed E-state index contributed by atoms with van der Waals surface area (Å²) in [4.78, 5) is 12.7. The van der Waals surface area contributed by atoms with E-state index in [1.54, 1.807) is 0 Å². The molecule has 11 heavy (non-hydrogen) atoms. The van der Waals surface area contributed by atoms with E-state index in [0.29, 0.717) is 0 Å². The second-order valence-electron chi connectivity index (χ2n) is 2.44. The Bertz CT molecular complexity index is 132. The average Bonchev–Trinajstić information content (AvgIpc) is 2.06. The van der Waals surface area contributed by atoms with Crippen LogP contribution in [0, 0.1) is 6.54 Å². The number of carbonyl (C=O) groups excluding carboxylic acids is 1. The number of nitrogens with zero attached hydrogens (tertiary/aromatic N) is 1. The lowest BCUT2D eigenvalue weighted by Crippen LogP contribution is -2.43. The summed E-state index contributed by atoms with van der Waals surface area (Å²) < 4.78 is 4.50. The fraction of sp³-hybridized carbons (Fsp3) is 0.714. The maximum atomic E-state index is 10.7. The Morgan fingerprint density at radius 1 is 1.55 bits per heavy atom. The number of ether oxygens (including phenoxy) is 1. The quantitative estimate of drug-likeness (QED) is 0.534. The molecule has 4 heteroatoms. The van der Waals surface area contributed by atoms with Gasteiger partial charge in [0.1, 0.15) is 6.54 Å². The largest absolute Gasteiger partial charge is 0.468 e. The Labute approximate surface area is 66.5 Å². The van der Waals surface area contributed by atoms with Crippen LogP contribution in [0.5, 0.6) is 0 Å². The van der Waals surface area contributed by atoms with Crippen molar-refractivity contribution < 1.29 is 9.53 Å². The monoisotopic (exact) mass is 157 g/mol. The van der Waals surface area contributed by atoms with Crippen LogP contribution in [0.1, 0.15) is 0 Å². The van der Waals surface area contributed by atoms with Gasteiger partial charge in [0.2, 0.25) is 0 Å². The highest BCUT2D eigenvalue weighted by atomic mass is 16.5. The molecule has 0 aliphatic carbocycles. The molecule has 0 unspecified atom stereocenters. The van der Waals surface area contributed by atoms with Crippen LogP contribution in [-0.2, 0) is 9.53 Å². The van der Waals surface area contributed by atoms with E-state index in [-0.39, 0.29) is 5.97 Å². The van der Waals surface area contributed by atoms with Gasteiger partial charge in [0.05, 0.1) is 7.11 Å². The summed E-state index contributed by atoms with van der Waals surface area (Å²) in [6.45, 7) is 5.16. The summed E-state index contributed by atoms with van der Waals surface area (Å²) in [5.41, 5.74) is 0. The Hall–Kier alpha value is -0.610. The van der Waals surface area contributed by atoms with Crippen molar-refractivity contribution in [3.05, 3.63) is 6.54 Å². The number of rotatable bonds is 2. The highest BCUT2D eigenvalue weighted by Crippen LogP contribution is 1.96. The first-order chi connectivity index (χ1) is 5.33. The van der Waals surface area contributed by atoms with Gasteiger partial charge in [-0.25, -0.2) is 0 Å². The van der Waals surface area contributed by atoms with Crippen LogP contribution in [-0.4, -0.2) is 44.2 Å². The second kappa shape index (κ2) is 4.31. The zero-order chi connectivity index (χ0) is 8.10. The third-order valence-corrected chi connectivity index (χ3v) is 1.64. The van der Waals surface area contributed by atoms with E-state index in [0.717, 1.165) is 26.2 Å². The maximum absolute atomic E-state index is 10.7. The van der Waals surface area contributed by atoms with Crippen LogP contribution in [0.3, 0.4) is 0 Å². The summed E-state index contributed by atoms with van der Waals surface area (Å²) >= 11 is 0. The molecule has 4 nitrogen and oxygen atoms in total. The van der Waals surface area contributed by atoms with Gasteiger partial charge in [0.25, 0.3) is 0 Å². The van der Waals surface area contributed by atoms with Crippen LogP contribution in [0.2, 0.25) is 0 Å². The molecule has 0 bridgehead atoms. The van der Waals surface area contributed by atoms with Gasteiger partial charge < -0.3 is 10.1 Å². The lowest BCUT2D eigenvalue weighted by atomic mass is 10.3. The lowest BCUT2D eigenvalue weighted by Gasteiger charge is -2.25. The smallest absolute Gasteiger partial charge is 0.325 e. The first-order valence-corrected chi connectivity index (χ1v) is 3.70. The zero-order valence-corrected chi connectivity index (χ0v) is 6.67. The molecule has 0 aromatic heterocycles. The molecule has 1 N–H and O–H groups in total. The number of hydrogen-bond acceptors (Lipinski definition) is 4. The Morgan fingerprint density at radius 3 is 2.73 bits per heavy atom. The van der Waals surface area contributed by atoms with Crippen molar-refractivity contribution in [3.63, 3.8) is 0 Å². The predicted molar refractivity (Wildman–Crippen MR) is 40.8 cm³/mol. The summed E-state index contributed by atoms with van der Waals surface area (Å²) in [5, 5.41) is 3.19. The van der Waals surface area contributed by atoms with Gasteiger partial charge in [-0.2, -0.15) is 0 Å². The fourth-order valence-corrected chi connectivity index (χ4v) is 1.01. The topological polar surface area (TPSA) is 41.6 Å². The minimum atomic E-state index is -0.271. The molecule has 0 saturated carbocycles. The van der Waals surface area contributed by atoms with E-state index < -0.39 is 0 Å². The van der Waals surface area contributed by atoms with Gasteiger partial charge in [-0.15, -0.1) is 0 Å². The van der Waals surface area contributed by atoms with E-state index in [1.165, 1.54) is 13.7 Å². The second-order valence-corrected chi connectivity index (χ2v) is 2.44. The van der Waals surface area contributed by atoms with Crippen molar-refractivity contribution in [1.82, 2.24) is 10.2 Å². The van der Waals surface area contributed by atoms with Gasteiger partial charge in [0, 0.05) is 26.2 Å². The normalized spacial score (nSPS) is 19.7. The molecule has 0 aromatic carbocycles. The number of piperazine rings is 1. The minimum Gasteiger partial charge on any atom is -0.468 e. The van der Waals surface area contributed by atoms with Crippen LogP contribution >= 0.6 is 0 Å². The molecule has 0 spiro atoms. The van der Waals surface area contributed by atoms with Crippen molar-refractivity contribution >= 4 is 5.97 Å². The predicted octanol–water partition coefficient (Wildman–Crippen LogP) is -0.774. The van der Waals surface area contributed by atoms with Crippen LogP contribution in [0.4, 0.5) is 0 Å². The maximum Gasteiger partial charge on any atom is 0.325 e. The molecule has 1 aliphatic rings. The van der Waals surface area contributed by atoms with E-state index in [9.17, 15) is 4.79 Å². The van der Waals surface area contributed by atoms with E-state index in [2.05, 4.69) is 10.1 Å². The number of esters is 1. The molecular weight excluding hydrogens is 144 g/mol. The van der Waals surface area contributed by atoms with Gasteiger partial charge in [-0.1, -0.05) is 0 Å². The molecule has 1 rings (SSSR count). The van der Waals surface area contributed by atoms with Crippen LogP contribution in [0.25, 0.3) is 0 Å². The van der Waals surface area contributed by atoms with Crippen LogP contribution in [0.15, 0.2) is 0 Å². The molecule has 0 amide bonds. The van der Waals surface area contributed by atoms with Crippen molar-refractivity contribution in [2.24, 2.45) is 0 Å². The molecule has 1 saturated heterocycles. The number of hydrogen-bond donors (Lipinski definition) is 1. The third kappa shape index (κ3) is 2.86. The Morgan fingerprint density at radius 2 is 2.18 bits per heavy atom. The highest BCUT2D eigenvalue weighted by molar-refractivity contribution is 5.78. The van der Waals surface area contributed by atoms with Crippen molar-refractivity contribution in [1.29, 1.82) is 0 Å². The van der Waals surface area contributed by atoms with E-state index in [1.807, 2.05) is 4.90 Å². The minimum absolute atomic E-state index is 0.271. The third-order valence-electron chi connectivity index (χ3n) is 1.64. The summed E-state index contributed by atoms with van der Waals surface area (Å²) in [6.07, 6.45) is 0. The first kappa shape index (κ1) is 8.49. The van der Waals surface area contributed by atoms with E-state index >= 15 is 0 Å². The molecule has 1 aliphatic heterocycles. The molecular formula is C7H13N2O2. The standard InChI is InChI=1S/C7H13N2O2/c1-11-7(10)6-9-4-2-8-3-5-9/h6,8H,2-5H2,1H3. The van der Waals surface area contributed by atoms with Gasteiger partial charge >= 0.3 is 5.97 Å². The fourth-order valence-electron chi connectivity index (χ4n) is 1.01. The highest BCUT2D eigenvalue weighted by Gasteiger charge is 2.13. The van der Waals surface area contributed by atoms with Gasteiger partial charge in [0.15, 0.2) is 0 Å². The van der Waals surface area contributed by atoms with E-state index in [4.69, 9.17) is 0 Å². The average molecular weight is 157 g/mol. The number of nitrogens with one attached hydrogen (secondary N) is 1.